The molecule has 4 N–H and O–H groups in total. The van der Waals surface area contributed by atoms with Crippen LogP contribution in [0.2, 0.25) is 5.02 Å². The predicted octanol–water partition coefficient (Wildman–Crippen LogP) is 3.02. The average Bonchev–Trinajstić information content (AvgIpc) is 2.26. The molecular weight excluding hydrogens is 226 g/mol. The maximum Gasteiger partial charge on any atom is 0.138 e. The molecule has 2 aromatic rings. The lowest BCUT2D eigenvalue weighted by molar-refractivity contribution is 0.475. The number of hydrogen-bond acceptors (Lipinski definition) is 3. The fraction of sp³-hybridized carbons (Fsp3) is 0. The Labute approximate surface area is 98.7 Å². The van der Waals surface area contributed by atoms with E-state index in [2.05, 4.69) is 0 Å². The van der Waals surface area contributed by atoms with Gasteiger partial charge < -0.3 is 15.9 Å². The zero-order valence-corrected chi connectivity index (χ0v) is 9.22. The van der Waals surface area contributed by atoms with Crippen LogP contribution in [0.15, 0.2) is 48.5 Å². The molecule has 0 saturated heterocycles. The number of aromatic hydroxyl groups is 2. The summed E-state index contributed by atoms with van der Waals surface area (Å²) in [5.41, 5.74) is 5.59. The highest BCUT2D eigenvalue weighted by molar-refractivity contribution is 6.30. The second-order valence-corrected chi connectivity index (χ2v) is 3.48. The van der Waals surface area contributed by atoms with Crippen molar-refractivity contribution in [1.29, 1.82) is 0 Å². The van der Waals surface area contributed by atoms with Crippen LogP contribution in [0.3, 0.4) is 0 Å². The standard InChI is InChI=1S/C6H6ClNO.C6H6O/c7-4-1-2-6(9)5(8)3-4;7-6-4-2-1-3-5-6/h1-3,9H,8H2;1-5,7H. The maximum atomic E-state index is 8.86. The fourth-order valence-corrected chi connectivity index (χ4v) is 1.13. The molecule has 3 nitrogen and oxygen atoms in total. The molecular formula is C12H12ClNO2. The number of halogens is 1. The highest BCUT2D eigenvalue weighted by atomic mass is 35.5. The number of phenolic OH excluding ortho intramolecular Hbond substituents is 2. The van der Waals surface area contributed by atoms with Crippen molar-refractivity contribution in [3.05, 3.63) is 53.6 Å². The first-order chi connectivity index (χ1) is 7.59. The Morgan fingerprint density at radius 3 is 1.94 bits per heavy atom. The molecule has 0 radical (unpaired) electrons. The molecule has 84 valence electrons. The lowest BCUT2D eigenvalue weighted by Crippen LogP contribution is -1.83. The van der Waals surface area contributed by atoms with Crippen molar-refractivity contribution in [3.63, 3.8) is 0 Å². The minimum atomic E-state index is 0.0689. The van der Waals surface area contributed by atoms with Crippen LogP contribution in [0.1, 0.15) is 0 Å². The number of benzene rings is 2. The first-order valence-corrected chi connectivity index (χ1v) is 4.95. The van der Waals surface area contributed by atoms with Gasteiger partial charge >= 0.3 is 0 Å². The quantitative estimate of drug-likeness (QED) is 0.487. The van der Waals surface area contributed by atoms with Crippen LogP contribution in [0.25, 0.3) is 0 Å². The predicted molar refractivity (Wildman–Crippen MR) is 65.6 cm³/mol. The van der Waals surface area contributed by atoms with Gasteiger partial charge in [0.25, 0.3) is 0 Å². The van der Waals surface area contributed by atoms with E-state index in [0.717, 1.165) is 0 Å². The second-order valence-electron chi connectivity index (χ2n) is 3.04. The number of hydrogen-bond donors (Lipinski definition) is 3. The van der Waals surface area contributed by atoms with Crippen LogP contribution in [-0.2, 0) is 0 Å². The molecule has 0 atom stereocenters. The number of phenols is 2. The molecule has 2 rings (SSSR count). The van der Waals surface area contributed by atoms with Crippen LogP contribution in [-0.4, -0.2) is 10.2 Å². The lowest BCUT2D eigenvalue weighted by Gasteiger charge is -1.95. The molecule has 4 heteroatoms. The normalized spacial score (nSPS) is 9.06. The summed E-state index contributed by atoms with van der Waals surface area (Å²) in [6.07, 6.45) is 0. The lowest BCUT2D eigenvalue weighted by atomic mass is 10.3. The van der Waals surface area contributed by atoms with Gasteiger partial charge in [-0.15, -0.1) is 0 Å². The Balaban J connectivity index is 0.000000165. The van der Waals surface area contributed by atoms with Crippen LogP contribution >= 0.6 is 11.6 Å². The molecule has 0 bridgehead atoms. The third-order valence-electron chi connectivity index (χ3n) is 1.75. The van der Waals surface area contributed by atoms with Crippen LogP contribution in [0.5, 0.6) is 11.5 Å². The number of anilines is 1. The van der Waals surface area contributed by atoms with Gasteiger partial charge in [-0.05, 0) is 30.3 Å². The van der Waals surface area contributed by atoms with Crippen molar-refractivity contribution in [2.45, 2.75) is 0 Å². The summed E-state index contributed by atoms with van der Waals surface area (Å²) in [7, 11) is 0. The molecule has 0 fully saturated rings. The van der Waals surface area contributed by atoms with Gasteiger partial charge in [0, 0.05) is 5.02 Å². The number of nitrogen functional groups attached to an aromatic ring is 1. The van der Waals surface area contributed by atoms with Gasteiger partial charge in [-0.2, -0.15) is 0 Å². The smallest absolute Gasteiger partial charge is 0.138 e. The summed E-state index contributed by atoms with van der Waals surface area (Å²) in [6, 6.07) is 13.2. The van der Waals surface area contributed by atoms with Gasteiger partial charge in [0.2, 0.25) is 0 Å². The maximum absolute atomic E-state index is 8.86. The van der Waals surface area contributed by atoms with Crippen molar-refractivity contribution in [1.82, 2.24) is 0 Å². The highest BCUT2D eigenvalue weighted by Crippen LogP contribution is 2.22. The first kappa shape index (κ1) is 12.2. The number of rotatable bonds is 0. The zero-order chi connectivity index (χ0) is 12.0. The Kier molecular flexibility index (Phi) is 4.48. The zero-order valence-electron chi connectivity index (χ0n) is 8.47. The Morgan fingerprint density at radius 2 is 1.56 bits per heavy atom. The third-order valence-corrected chi connectivity index (χ3v) is 1.98. The summed E-state index contributed by atoms with van der Waals surface area (Å²) in [4.78, 5) is 0. The van der Waals surface area contributed by atoms with E-state index >= 15 is 0 Å². The van der Waals surface area contributed by atoms with Gasteiger partial charge in [-0.25, -0.2) is 0 Å². The summed E-state index contributed by atoms with van der Waals surface area (Å²) < 4.78 is 0. The number of nitrogens with two attached hydrogens (primary N) is 1. The Bertz CT molecular complexity index is 446. The SMILES string of the molecule is Nc1cc(Cl)ccc1O.Oc1ccccc1. The molecule has 0 unspecified atom stereocenters. The molecule has 0 aliphatic rings. The van der Waals surface area contributed by atoms with Crippen LogP contribution in [0, 0.1) is 0 Å². The third kappa shape index (κ3) is 4.11. The summed E-state index contributed by atoms with van der Waals surface area (Å²) in [5.74, 6) is 0.391. The molecule has 0 aliphatic heterocycles. The van der Waals surface area contributed by atoms with Gasteiger partial charge in [-0.3, -0.25) is 0 Å². The Morgan fingerprint density at radius 1 is 0.938 bits per heavy atom. The van der Waals surface area contributed by atoms with Crippen LogP contribution < -0.4 is 5.73 Å². The van der Waals surface area contributed by atoms with Gasteiger partial charge in [0.05, 0.1) is 5.69 Å². The molecule has 0 saturated carbocycles. The van der Waals surface area contributed by atoms with Crippen molar-refractivity contribution in [2.75, 3.05) is 5.73 Å². The van der Waals surface area contributed by atoms with E-state index in [-0.39, 0.29) is 5.75 Å². The van der Waals surface area contributed by atoms with Gasteiger partial charge in [-0.1, -0.05) is 29.8 Å². The van der Waals surface area contributed by atoms with Crippen molar-refractivity contribution in [3.8, 4) is 11.5 Å². The van der Waals surface area contributed by atoms with E-state index in [0.29, 0.717) is 16.5 Å². The topological polar surface area (TPSA) is 66.5 Å². The minimum absolute atomic E-state index is 0.0689. The monoisotopic (exact) mass is 237 g/mol. The molecule has 0 spiro atoms. The Hall–Kier alpha value is -1.87. The molecule has 0 amide bonds. The average molecular weight is 238 g/mol. The fourth-order valence-electron chi connectivity index (χ4n) is 0.953. The number of para-hydroxylation sites is 1. The van der Waals surface area contributed by atoms with E-state index in [4.69, 9.17) is 27.5 Å². The van der Waals surface area contributed by atoms with E-state index < -0.39 is 0 Å². The second kappa shape index (κ2) is 5.88. The molecule has 0 heterocycles. The first-order valence-electron chi connectivity index (χ1n) is 4.57. The molecule has 16 heavy (non-hydrogen) atoms. The molecule has 0 aromatic heterocycles. The summed E-state index contributed by atoms with van der Waals surface area (Å²) in [5, 5.41) is 18.0. The van der Waals surface area contributed by atoms with Crippen molar-refractivity contribution >= 4 is 17.3 Å². The van der Waals surface area contributed by atoms with Crippen molar-refractivity contribution in [2.24, 2.45) is 0 Å². The van der Waals surface area contributed by atoms with Gasteiger partial charge in [0.15, 0.2) is 0 Å². The molecule has 2 aromatic carbocycles. The largest absolute Gasteiger partial charge is 0.508 e. The summed E-state index contributed by atoms with van der Waals surface area (Å²) >= 11 is 5.53. The van der Waals surface area contributed by atoms with E-state index in [9.17, 15) is 0 Å². The van der Waals surface area contributed by atoms with Gasteiger partial charge in [0.1, 0.15) is 11.5 Å². The van der Waals surface area contributed by atoms with E-state index in [1.54, 1.807) is 30.3 Å². The summed E-state index contributed by atoms with van der Waals surface area (Å²) in [6.45, 7) is 0. The molecule has 0 aliphatic carbocycles. The highest BCUT2D eigenvalue weighted by Gasteiger charge is 1.93. The van der Waals surface area contributed by atoms with E-state index in [1.165, 1.54) is 12.1 Å². The van der Waals surface area contributed by atoms with E-state index in [1.807, 2.05) is 6.07 Å². The van der Waals surface area contributed by atoms with Crippen molar-refractivity contribution < 1.29 is 10.2 Å². The van der Waals surface area contributed by atoms with Crippen LogP contribution in [0.4, 0.5) is 5.69 Å². The minimum Gasteiger partial charge on any atom is -0.508 e.